The first-order valence-electron chi connectivity index (χ1n) is 12.9. The number of fused-ring (bicyclic) bond motifs is 1. The second-order valence-electron chi connectivity index (χ2n) is 10.0. The molecule has 1 aliphatic rings. The van der Waals surface area contributed by atoms with E-state index in [9.17, 15) is 4.79 Å². The van der Waals surface area contributed by atoms with Gasteiger partial charge in [-0.3, -0.25) is 9.97 Å². The van der Waals surface area contributed by atoms with Gasteiger partial charge in [0.25, 0.3) is 0 Å². The molecule has 1 saturated carbocycles. The standard InChI is InChI=1S/C30H29N5O2S/c1-18-3-2-4-26(35-18)29-28(33-17-34-29)20-7-10-25-21(11-20)12-22(14-32-25)23-13-27(38-16-23)30(36)37-15-19-5-8-24(31)9-6-19/h2-4,7,10-14,16-17,19,24H,5-6,8-9,15,31H2,1H3,(H,33,34). The van der Waals surface area contributed by atoms with Crippen LogP contribution in [0, 0.1) is 12.8 Å². The minimum atomic E-state index is -0.261. The van der Waals surface area contributed by atoms with E-state index in [1.165, 1.54) is 11.3 Å². The third-order valence-corrected chi connectivity index (χ3v) is 8.12. The van der Waals surface area contributed by atoms with Gasteiger partial charge >= 0.3 is 5.97 Å². The van der Waals surface area contributed by atoms with Crippen LogP contribution in [0.4, 0.5) is 0 Å². The number of hydrogen-bond donors (Lipinski definition) is 2. The number of nitrogens with two attached hydrogens (primary N) is 1. The van der Waals surface area contributed by atoms with Crippen molar-refractivity contribution in [2.75, 3.05) is 6.61 Å². The number of hydrogen-bond acceptors (Lipinski definition) is 7. The van der Waals surface area contributed by atoms with Crippen LogP contribution in [0.3, 0.4) is 0 Å². The van der Waals surface area contributed by atoms with E-state index in [-0.39, 0.29) is 5.97 Å². The van der Waals surface area contributed by atoms with E-state index >= 15 is 0 Å². The number of nitrogens with zero attached hydrogens (tertiary/aromatic N) is 3. The van der Waals surface area contributed by atoms with Gasteiger partial charge in [0.2, 0.25) is 0 Å². The Hall–Kier alpha value is -3.88. The lowest BCUT2D eigenvalue weighted by Crippen LogP contribution is -2.28. The maximum Gasteiger partial charge on any atom is 0.348 e. The molecule has 0 unspecified atom stereocenters. The smallest absolute Gasteiger partial charge is 0.348 e. The third-order valence-electron chi connectivity index (χ3n) is 7.21. The van der Waals surface area contributed by atoms with Crippen molar-refractivity contribution in [3.8, 4) is 33.8 Å². The van der Waals surface area contributed by atoms with Crippen molar-refractivity contribution in [1.82, 2.24) is 19.9 Å². The molecule has 38 heavy (non-hydrogen) atoms. The molecule has 7 nitrogen and oxygen atoms in total. The number of aryl methyl sites for hydroxylation is 1. The normalized spacial score (nSPS) is 17.5. The largest absolute Gasteiger partial charge is 0.461 e. The minimum Gasteiger partial charge on any atom is -0.461 e. The number of rotatable bonds is 6. The van der Waals surface area contributed by atoms with E-state index in [2.05, 4.69) is 32.1 Å². The van der Waals surface area contributed by atoms with Crippen LogP contribution in [0.25, 0.3) is 44.7 Å². The zero-order chi connectivity index (χ0) is 26.1. The summed E-state index contributed by atoms with van der Waals surface area (Å²) in [5, 5.41) is 2.98. The Bertz CT molecular complexity index is 1600. The molecule has 6 rings (SSSR count). The van der Waals surface area contributed by atoms with E-state index in [0.29, 0.717) is 23.4 Å². The van der Waals surface area contributed by atoms with Crippen molar-refractivity contribution in [3.63, 3.8) is 0 Å². The topological polar surface area (TPSA) is 107 Å². The molecule has 0 saturated heterocycles. The molecule has 0 aliphatic heterocycles. The second-order valence-corrected chi connectivity index (χ2v) is 10.9. The number of thiophene rings is 1. The van der Waals surface area contributed by atoms with Gasteiger partial charge in [0.05, 0.1) is 35.5 Å². The Labute approximate surface area is 225 Å². The number of H-pyrrole nitrogens is 1. The summed E-state index contributed by atoms with van der Waals surface area (Å²) in [7, 11) is 0. The SMILES string of the molecule is Cc1cccc(-c2[nH]cnc2-c2ccc3ncc(-c4csc(C(=O)OCC5CCC(N)CC5)c4)cc3c2)n1. The fourth-order valence-electron chi connectivity index (χ4n) is 5.04. The highest BCUT2D eigenvalue weighted by molar-refractivity contribution is 7.12. The van der Waals surface area contributed by atoms with Crippen molar-refractivity contribution in [2.45, 2.75) is 38.6 Å². The molecule has 1 fully saturated rings. The lowest BCUT2D eigenvalue weighted by Gasteiger charge is -2.25. The Kier molecular flexibility index (Phi) is 6.74. The molecule has 4 heterocycles. The molecular formula is C30H29N5O2S. The highest BCUT2D eigenvalue weighted by atomic mass is 32.1. The van der Waals surface area contributed by atoms with E-state index in [4.69, 9.17) is 10.5 Å². The fraction of sp³-hybridized carbons (Fsp3) is 0.267. The molecule has 0 radical (unpaired) electrons. The van der Waals surface area contributed by atoms with Crippen molar-refractivity contribution >= 4 is 28.2 Å². The number of carbonyl (C=O) groups excluding carboxylic acids is 1. The van der Waals surface area contributed by atoms with Crippen molar-refractivity contribution < 1.29 is 9.53 Å². The van der Waals surface area contributed by atoms with Gasteiger partial charge in [0, 0.05) is 34.4 Å². The quantitative estimate of drug-likeness (QED) is 0.250. The van der Waals surface area contributed by atoms with Crippen LogP contribution in [-0.2, 0) is 4.74 Å². The van der Waals surface area contributed by atoms with Crippen LogP contribution in [0.5, 0.6) is 0 Å². The lowest BCUT2D eigenvalue weighted by atomic mass is 9.87. The summed E-state index contributed by atoms with van der Waals surface area (Å²) in [6.45, 7) is 2.44. The summed E-state index contributed by atoms with van der Waals surface area (Å²) < 4.78 is 5.63. The predicted octanol–water partition coefficient (Wildman–Crippen LogP) is 6.40. The number of ether oxygens (including phenoxy) is 1. The van der Waals surface area contributed by atoms with Crippen LogP contribution in [0.2, 0.25) is 0 Å². The summed E-state index contributed by atoms with van der Waals surface area (Å²) in [5.74, 6) is 0.150. The molecule has 0 spiro atoms. The number of imidazole rings is 1. The van der Waals surface area contributed by atoms with Gasteiger partial charge in [0.1, 0.15) is 4.88 Å². The number of nitrogens with one attached hydrogen (secondary N) is 1. The molecule has 3 N–H and O–H groups in total. The number of benzene rings is 1. The molecule has 5 aromatic rings. The van der Waals surface area contributed by atoms with Gasteiger partial charge in [-0.15, -0.1) is 11.3 Å². The average molecular weight is 524 g/mol. The van der Waals surface area contributed by atoms with Crippen molar-refractivity contribution in [1.29, 1.82) is 0 Å². The lowest BCUT2D eigenvalue weighted by molar-refractivity contribution is 0.0412. The molecule has 0 amide bonds. The first kappa shape index (κ1) is 24.5. The van der Waals surface area contributed by atoms with E-state index in [1.54, 1.807) is 6.33 Å². The summed E-state index contributed by atoms with van der Waals surface area (Å²) in [4.78, 5) is 30.4. The monoisotopic (exact) mass is 523 g/mol. The van der Waals surface area contributed by atoms with E-state index in [0.717, 1.165) is 76.1 Å². The van der Waals surface area contributed by atoms with Crippen LogP contribution in [0.15, 0.2) is 66.4 Å². The summed E-state index contributed by atoms with van der Waals surface area (Å²) in [5.41, 5.74) is 13.3. The Morgan fingerprint density at radius 2 is 1.89 bits per heavy atom. The number of esters is 1. The first-order chi connectivity index (χ1) is 18.5. The minimum absolute atomic E-state index is 0.261. The first-order valence-corrected chi connectivity index (χ1v) is 13.8. The van der Waals surface area contributed by atoms with Gasteiger partial charge in [-0.2, -0.15) is 0 Å². The van der Waals surface area contributed by atoms with Crippen LogP contribution >= 0.6 is 11.3 Å². The molecule has 8 heteroatoms. The molecule has 1 aliphatic carbocycles. The van der Waals surface area contributed by atoms with Gasteiger partial charge < -0.3 is 15.5 Å². The number of carbonyl (C=O) groups is 1. The van der Waals surface area contributed by atoms with E-state index < -0.39 is 0 Å². The summed E-state index contributed by atoms with van der Waals surface area (Å²) in [6, 6.07) is 16.4. The van der Waals surface area contributed by atoms with Crippen LogP contribution < -0.4 is 5.73 Å². The van der Waals surface area contributed by atoms with Crippen LogP contribution in [-0.4, -0.2) is 38.6 Å². The molecular weight excluding hydrogens is 494 g/mol. The molecule has 4 aromatic heterocycles. The zero-order valence-corrected chi connectivity index (χ0v) is 22.0. The number of aromatic amines is 1. The highest BCUT2D eigenvalue weighted by Crippen LogP contribution is 2.33. The van der Waals surface area contributed by atoms with Gasteiger partial charge in [-0.25, -0.2) is 9.78 Å². The number of aromatic nitrogens is 4. The fourth-order valence-corrected chi connectivity index (χ4v) is 5.85. The Morgan fingerprint density at radius 3 is 2.74 bits per heavy atom. The second kappa shape index (κ2) is 10.5. The maximum absolute atomic E-state index is 12.7. The van der Waals surface area contributed by atoms with Gasteiger partial charge in [0.15, 0.2) is 0 Å². The van der Waals surface area contributed by atoms with Crippen molar-refractivity contribution in [2.24, 2.45) is 11.7 Å². The maximum atomic E-state index is 12.7. The molecule has 1 aromatic carbocycles. The molecule has 192 valence electrons. The Morgan fingerprint density at radius 1 is 1.05 bits per heavy atom. The summed E-state index contributed by atoms with van der Waals surface area (Å²) in [6.07, 6.45) is 7.61. The van der Waals surface area contributed by atoms with Gasteiger partial charge in [-0.1, -0.05) is 12.1 Å². The van der Waals surface area contributed by atoms with Crippen molar-refractivity contribution in [3.05, 3.63) is 77.0 Å². The predicted molar refractivity (Wildman–Crippen MR) is 151 cm³/mol. The number of pyridine rings is 2. The van der Waals surface area contributed by atoms with E-state index in [1.807, 2.05) is 54.9 Å². The molecule has 0 bridgehead atoms. The highest BCUT2D eigenvalue weighted by Gasteiger charge is 2.21. The molecule has 0 atom stereocenters. The zero-order valence-electron chi connectivity index (χ0n) is 21.2. The summed E-state index contributed by atoms with van der Waals surface area (Å²) >= 11 is 1.40. The average Bonchev–Trinajstić information content (AvgIpc) is 3.63. The van der Waals surface area contributed by atoms with Crippen LogP contribution in [0.1, 0.15) is 41.0 Å². The Balaban J connectivity index is 1.22. The third kappa shape index (κ3) is 5.10. The van der Waals surface area contributed by atoms with Gasteiger partial charge in [-0.05, 0) is 85.9 Å².